The van der Waals surface area contributed by atoms with Crippen molar-refractivity contribution < 1.29 is 18.0 Å². The molecule has 3 N–H and O–H groups in total. The van der Waals surface area contributed by atoms with Gasteiger partial charge in [0, 0.05) is 19.2 Å². The number of imide groups is 1. The first kappa shape index (κ1) is 15.5. The summed E-state index contributed by atoms with van der Waals surface area (Å²) in [7, 11) is -2.49. The Balaban J connectivity index is 2.23. The van der Waals surface area contributed by atoms with E-state index >= 15 is 0 Å². The van der Waals surface area contributed by atoms with Crippen LogP contribution in [0.2, 0.25) is 0 Å². The summed E-state index contributed by atoms with van der Waals surface area (Å²) in [6.45, 7) is 1.70. The molecule has 114 valence electrons. The Hall–Kier alpha value is -1.93. The lowest BCUT2D eigenvalue weighted by Crippen LogP contribution is -2.52. The number of piperidine rings is 1. The number of nitrogen functional groups attached to an aromatic ring is 1. The zero-order chi connectivity index (χ0) is 15.8. The van der Waals surface area contributed by atoms with Gasteiger partial charge in [-0.25, -0.2) is 8.42 Å². The predicted molar refractivity (Wildman–Crippen MR) is 76.7 cm³/mol. The Morgan fingerprint density at radius 1 is 1.33 bits per heavy atom. The minimum atomic E-state index is -3.84. The Morgan fingerprint density at radius 3 is 2.62 bits per heavy atom. The molecule has 2 rings (SSSR count). The quantitative estimate of drug-likeness (QED) is 0.603. The van der Waals surface area contributed by atoms with E-state index in [1.54, 1.807) is 6.92 Å². The van der Waals surface area contributed by atoms with Gasteiger partial charge in [-0.05, 0) is 37.1 Å². The second-order valence-corrected chi connectivity index (χ2v) is 6.74. The number of amides is 2. The number of hydrogen-bond acceptors (Lipinski definition) is 5. The van der Waals surface area contributed by atoms with Crippen molar-refractivity contribution in [3.8, 4) is 0 Å². The molecule has 1 atom stereocenters. The zero-order valence-electron chi connectivity index (χ0n) is 11.8. The van der Waals surface area contributed by atoms with E-state index in [2.05, 4.69) is 4.72 Å². The van der Waals surface area contributed by atoms with Gasteiger partial charge >= 0.3 is 0 Å². The molecule has 1 aliphatic heterocycles. The summed E-state index contributed by atoms with van der Waals surface area (Å²) < 4.78 is 26.9. The van der Waals surface area contributed by atoms with Gasteiger partial charge in [-0.2, -0.15) is 4.72 Å². The van der Waals surface area contributed by atoms with Crippen molar-refractivity contribution in [1.29, 1.82) is 0 Å². The van der Waals surface area contributed by atoms with Crippen LogP contribution in [0.1, 0.15) is 18.4 Å². The molecule has 2 amide bonds. The second-order valence-electron chi connectivity index (χ2n) is 5.02. The zero-order valence-corrected chi connectivity index (χ0v) is 12.6. The number of nitrogens with zero attached hydrogens (tertiary/aromatic N) is 1. The first-order valence-electron chi connectivity index (χ1n) is 6.41. The van der Waals surface area contributed by atoms with Crippen LogP contribution < -0.4 is 10.5 Å². The Kier molecular flexibility index (Phi) is 4.02. The van der Waals surface area contributed by atoms with Crippen molar-refractivity contribution in [3.05, 3.63) is 23.8 Å². The van der Waals surface area contributed by atoms with Crippen LogP contribution >= 0.6 is 0 Å². The summed E-state index contributed by atoms with van der Waals surface area (Å²) in [5.41, 5.74) is 6.79. The number of anilines is 1. The lowest BCUT2D eigenvalue weighted by atomic mass is 10.1. The van der Waals surface area contributed by atoms with Crippen LogP contribution in [0, 0.1) is 6.92 Å². The van der Waals surface area contributed by atoms with Crippen LogP contribution in [0.3, 0.4) is 0 Å². The van der Waals surface area contributed by atoms with Gasteiger partial charge in [0.15, 0.2) is 0 Å². The van der Waals surface area contributed by atoms with Gasteiger partial charge in [0.2, 0.25) is 21.8 Å². The molecule has 1 saturated heterocycles. The van der Waals surface area contributed by atoms with Gasteiger partial charge in [-0.3, -0.25) is 14.5 Å². The number of rotatable bonds is 3. The maximum absolute atomic E-state index is 12.3. The molecule has 1 aliphatic rings. The highest BCUT2D eigenvalue weighted by Crippen LogP contribution is 2.19. The smallest absolute Gasteiger partial charge is 0.247 e. The van der Waals surface area contributed by atoms with Crippen molar-refractivity contribution in [2.24, 2.45) is 0 Å². The molecule has 1 aromatic carbocycles. The van der Waals surface area contributed by atoms with E-state index in [4.69, 9.17) is 5.73 Å². The SMILES string of the molecule is Cc1cc(S(=O)(=O)NC2CCC(=O)N(C)C2=O)ccc1N. The topological polar surface area (TPSA) is 110 Å². The molecular formula is C13H17N3O4S. The van der Waals surface area contributed by atoms with Crippen molar-refractivity contribution in [2.45, 2.75) is 30.7 Å². The van der Waals surface area contributed by atoms with Crippen molar-refractivity contribution in [2.75, 3.05) is 12.8 Å². The Morgan fingerprint density at radius 2 is 2.00 bits per heavy atom. The van der Waals surface area contributed by atoms with Crippen LogP contribution in [-0.4, -0.2) is 38.2 Å². The van der Waals surface area contributed by atoms with E-state index in [9.17, 15) is 18.0 Å². The maximum Gasteiger partial charge on any atom is 0.247 e. The number of likely N-dealkylation sites (N-methyl/N-ethyl adjacent to an activating group) is 1. The Bertz CT molecular complexity index is 699. The molecule has 21 heavy (non-hydrogen) atoms. The minimum Gasteiger partial charge on any atom is -0.399 e. The molecule has 7 nitrogen and oxygen atoms in total. The highest BCUT2D eigenvalue weighted by Gasteiger charge is 2.34. The van der Waals surface area contributed by atoms with E-state index in [1.807, 2.05) is 0 Å². The van der Waals surface area contributed by atoms with Gasteiger partial charge in [-0.15, -0.1) is 0 Å². The van der Waals surface area contributed by atoms with Gasteiger partial charge in [-0.1, -0.05) is 0 Å². The summed E-state index contributed by atoms with van der Waals surface area (Å²) in [4.78, 5) is 24.3. The monoisotopic (exact) mass is 311 g/mol. The molecule has 0 aliphatic carbocycles. The minimum absolute atomic E-state index is 0.0431. The average Bonchev–Trinajstić information content (AvgIpc) is 2.42. The highest BCUT2D eigenvalue weighted by molar-refractivity contribution is 7.89. The van der Waals surface area contributed by atoms with Crippen LogP contribution in [0.4, 0.5) is 5.69 Å². The number of benzene rings is 1. The van der Waals surface area contributed by atoms with Crippen LogP contribution in [0.25, 0.3) is 0 Å². The number of sulfonamides is 1. The summed E-state index contributed by atoms with van der Waals surface area (Å²) in [6, 6.07) is 3.41. The van der Waals surface area contributed by atoms with Crippen LogP contribution in [0.15, 0.2) is 23.1 Å². The largest absolute Gasteiger partial charge is 0.399 e. The predicted octanol–water partition coefficient (Wildman–Crippen LogP) is 0.00292. The van der Waals surface area contributed by atoms with Crippen molar-refractivity contribution in [3.63, 3.8) is 0 Å². The number of nitrogens with one attached hydrogen (secondary N) is 1. The molecule has 0 spiro atoms. The highest BCUT2D eigenvalue weighted by atomic mass is 32.2. The van der Waals surface area contributed by atoms with E-state index < -0.39 is 22.0 Å². The van der Waals surface area contributed by atoms with E-state index in [0.717, 1.165) is 4.90 Å². The number of likely N-dealkylation sites (tertiary alicyclic amines) is 1. The molecule has 0 aromatic heterocycles. The van der Waals surface area contributed by atoms with E-state index in [1.165, 1.54) is 25.2 Å². The summed E-state index contributed by atoms with van der Waals surface area (Å²) in [5, 5.41) is 0. The van der Waals surface area contributed by atoms with E-state index in [-0.39, 0.29) is 23.6 Å². The third-order valence-electron chi connectivity index (χ3n) is 3.50. The lowest BCUT2D eigenvalue weighted by molar-refractivity contribution is -0.147. The van der Waals surface area contributed by atoms with Gasteiger partial charge in [0.1, 0.15) is 6.04 Å². The third kappa shape index (κ3) is 3.06. The van der Waals surface area contributed by atoms with E-state index in [0.29, 0.717) is 11.3 Å². The normalized spacial score (nSPS) is 19.9. The molecule has 1 heterocycles. The molecule has 8 heteroatoms. The maximum atomic E-state index is 12.3. The number of carbonyl (C=O) groups is 2. The average molecular weight is 311 g/mol. The van der Waals surface area contributed by atoms with Crippen molar-refractivity contribution >= 4 is 27.5 Å². The first-order valence-corrected chi connectivity index (χ1v) is 7.89. The number of nitrogens with two attached hydrogens (primary N) is 1. The van der Waals surface area contributed by atoms with Crippen LogP contribution in [0.5, 0.6) is 0 Å². The molecule has 1 aromatic rings. The fourth-order valence-electron chi connectivity index (χ4n) is 2.10. The van der Waals surface area contributed by atoms with Crippen molar-refractivity contribution in [1.82, 2.24) is 9.62 Å². The number of carbonyl (C=O) groups excluding carboxylic acids is 2. The number of aryl methyl sites for hydroxylation is 1. The molecule has 0 saturated carbocycles. The second kappa shape index (κ2) is 5.45. The molecule has 1 fully saturated rings. The molecule has 1 unspecified atom stereocenters. The summed E-state index contributed by atoms with van der Waals surface area (Å²) in [5.74, 6) is -0.847. The fourth-order valence-corrected chi connectivity index (χ4v) is 3.40. The summed E-state index contributed by atoms with van der Waals surface area (Å²) in [6.07, 6.45) is 0.297. The van der Waals surface area contributed by atoms with Gasteiger partial charge < -0.3 is 5.73 Å². The first-order chi connectivity index (χ1) is 9.72. The standard InChI is InChI=1S/C13H17N3O4S/c1-8-7-9(3-4-10(8)14)21(19,20)15-11-5-6-12(17)16(2)13(11)18/h3-4,7,11,15H,5-6,14H2,1-2H3. The molecular weight excluding hydrogens is 294 g/mol. The van der Waals surface area contributed by atoms with Gasteiger partial charge in [0.05, 0.1) is 4.90 Å². The Labute approximate surface area is 123 Å². The molecule has 0 bridgehead atoms. The van der Waals surface area contributed by atoms with Gasteiger partial charge in [0.25, 0.3) is 0 Å². The summed E-state index contributed by atoms with van der Waals surface area (Å²) >= 11 is 0. The third-order valence-corrected chi connectivity index (χ3v) is 4.97. The molecule has 0 radical (unpaired) electrons. The number of hydrogen-bond donors (Lipinski definition) is 2. The van der Waals surface area contributed by atoms with Crippen LogP contribution in [-0.2, 0) is 19.6 Å². The fraction of sp³-hybridized carbons (Fsp3) is 0.385. The lowest BCUT2D eigenvalue weighted by Gasteiger charge is -2.28.